The first-order valence-electron chi connectivity index (χ1n) is 5.95. The van der Waals surface area contributed by atoms with Crippen LogP contribution >= 0.6 is 0 Å². The summed E-state index contributed by atoms with van der Waals surface area (Å²) in [6, 6.07) is 5.71. The monoisotopic (exact) mass is 246 g/mol. The SMILES string of the molecule is Cc1cc([C@@H](C)O)ccc1OCc1nccn1C. The van der Waals surface area contributed by atoms with Gasteiger partial charge >= 0.3 is 0 Å². The van der Waals surface area contributed by atoms with Gasteiger partial charge in [0.25, 0.3) is 0 Å². The van der Waals surface area contributed by atoms with Crippen LogP contribution in [0.15, 0.2) is 30.6 Å². The summed E-state index contributed by atoms with van der Waals surface area (Å²) in [5.41, 5.74) is 1.92. The van der Waals surface area contributed by atoms with Crippen LogP contribution in [-0.4, -0.2) is 14.7 Å². The molecule has 2 aromatic rings. The van der Waals surface area contributed by atoms with Crippen LogP contribution in [0.5, 0.6) is 5.75 Å². The molecule has 0 aliphatic rings. The Labute approximate surface area is 107 Å². The van der Waals surface area contributed by atoms with Crippen LogP contribution in [0.4, 0.5) is 0 Å². The first-order chi connectivity index (χ1) is 8.58. The molecule has 0 aliphatic carbocycles. The molecule has 0 fully saturated rings. The van der Waals surface area contributed by atoms with Gasteiger partial charge in [0.2, 0.25) is 0 Å². The summed E-state index contributed by atoms with van der Waals surface area (Å²) in [5, 5.41) is 9.50. The highest BCUT2D eigenvalue weighted by atomic mass is 16.5. The smallest absolute Gasteiger partial charge is 0.146 e. The maximum absolute atomic E-state index is 9.50. The highest BCUT2D eigenvalue weighted by Gasteiger charge is 2.06. The molecule has 0 radical (unpaired) electrons. The maximum Gasteiger partial charge on any atom is 0.146 e. The van der Waals surface area contributed by atoms with Crippen molar-refractivity contribution >= 4 is 0 Å². The average Bonchev–Trinajstić information content (AvgIpc) is 2.73. The van der Waals surface area contributed by atoms with E-state index in [0.717, 1.165) is 22.7 Å². The summed E-state index contributed by atoms with van der Waals surface area (Å²) in [7, 11) is 1.94. The van der Waals surface area contributed by atoms with Crippen LogP contribution in [-0.2, 0) is 13.7 Å². The van der Waals surface area contributed by atoms with Gasteiger partial charge in [0.1, 0.15) is 18.2 Å². The molecule has 0 spiro atoms. The third-order valence-corrected chi connectivity index (χ3v) is 2.96. The van der Waals surface area contributed by atoms with E-state index in [0.29, 0.717) is 6.61 Å². The molecular weight excluding hydrogens is 228 g/mol. The lowest BCUT2D eigenvalue weighted by atomic mass is 10.1. The number of imidazole rings is 1. The standard InChI is InChI=1S/C14H18N2O2/c1-10-8-12(11(2)17)4-5-13(10)18-9-14-15-6-7-16(14)3/h4-8,11,17H,9H2,1-3H3/t11-/m1/s1. The minimum Gasteiger partial charge on any atom is -0.485 e. The number of hydrogen-bond acceptors (Lipinski definition) is 3. The second-order valence-electron chi connectivity index (χ2n) is 4.44. The normalized spacial score (nSPS) is 12.4. The number of aliphatic hydroxyl groups excluding tert-OH is 1. The van der Waals surface area contributed by atoms with Crippen molar-refractivity contribution in [3.8, 4) is 5.75 Å². The van der Waals surface area contributed by atoms with Gasteiger partial charge in [-0.3, -0.25) is 0 Å². The molecule has 0 amide bonds. The summed E-state index contributed by atoms with van der Waals surface area (Å²) in [6.07, 6.45) is 3.19. The topological polar surface area (TPSA) is 47.3 Å². The Morgan fingerprint density at radius 3 is 2.78 bits per heavy atom. The van der Waals surface area contributed by atoms with Crippen molar-refractivity contribution in [3.63, 3.8) is 0 Å². The number of aliphatic hydroxyl groups is 1. The Morgan fingerprint density at radius 2 is 2.22 bits per heavy atom. The minimum absolute atomic E-state index is 0.443. The second kappa shape index (κ2) is 5.23. The van der Waals surface area contributed by atoms with Crippen LogP contribution in [0.2, 0.25) is 0 Å². The number of aromatic nitrogens is 2. The van der Waals surface area contributed by atoms with E-state index >= 15 is 0 Å². The molecule has 18 heavy (non-hydrogen) atoms. The Hall–Kier alpha value is -1.81. The zero-order valence-corrected chi connectivity index (χ0v) is 10.9. The fourth-order valence-corrected chi connectivity index (χ4v) is 1.77. The highest BCUT2D eigenvalue weighted by molar-refractivity contribution is 5.36. The average molecular weight is 246 g/mol. The number of ether oxygens (including phenoxy) is 1. The number of hydrogen-bond donors (Lipinski definition) is 1. The quantitative estimate of drug-likeness (QED) is 0.900. The van der Waals surface area contributed by atoms with Gasteiger partial charge < -0.3 is 14.4 Å². The summed E-state index contributed by atoms with van der Waals surface area (Å²) < 4.78 is 7.66. The maximum atomic E-state index is 9.50. The van der Waals surface area contributed by atoms with Gasteiger partial charge in [0.05, 0.1) is 6.10 Å². The van der Waals surface area contributed by atoms with Crippen molar-refractivity contribution in [2.24, 2.45) is 7.05 Å². The second-order valence-corrected chi connectivity index (χ2v) is 4.44. The summed E-state index contributed by atoms with van der Waals surface area (Å²) in [5.74, 6) is 1.71. The van der Waals surface area contributed by atoms with Crippen molar-refractivity contribution in [2.45, 2.75) is 26.6 Å². The molecule has 96 valence electrons. The largest absolute Gasteiger partial charge is 0.485 e. The molecule has 0 aliphatic heterocycles. The number of rotatable bonds is 4. The van der Waals surface area contributed by atoms with Gasteiger partial charge in [0, 0.05) is 19.4 Å². The van der Waals surface area contributed by atoms with E-state index in [-0.39, 0.29) is 0 Å². The lowest BCUT2D eigenvalue weighted by Gasteiger charge is -2.11. The van der Waals surface area contributed by atoms with Crippen LogP contribution < -0.4 is 4.74 Å². The van der Waals surface area contributed by atoms with E-state index in [1.165, 1.54) is 0 Å². The Morgan fingerprint density at radius 1 is 1.44 bits per heavy atom. The van der Waals surface area contributed by atoms with Crippen molar-refractivity contribution in [1.29, 1.82) is 0 Å². The molecule has 1 aromatic heterocycles. The third-order valence-electron chi connectivity index (χ3n) is 2.96. The zero-order chi connectivity index (χ0) is 13.1. The number of aryl methyl sites for hydroxylation is 2. The molecule has 4 heteroatoms. The Bertz CT molecular complexity index is 532. The van der Waals surface area contributed by atoms with Gasteiger partial charge in [-0.15, -0.1) is 0 Å². The van der Waals surface area contributed by atoms with Crippen molar-refractivity contribution < 1.29 is 9.84 Å². The van der Waals surface area contributed by atoms with E-state index < -0.39 is 6.10 Å². The molecule has 0 saturated carbocycles. The summed E-state index contributed by atoms with van der Waals surface area (Å²) in [6.45, 7) is 4.17. The van der Waals surface area contributed by atoms with Crippen LogP contribution in [0.1, 0.15) is 30.0 Å². The first-order valence-corrected chi connectivity index (χ1v) is 5.95. The lowest BCUT2D eigenvalue weighted by molar-refractivity contribution is 0.199. The van der Waals surface area contributed by atoms with Gasteiger partial charge in [0.15, 0.2) is 0 Å². The van der Waals surface area contributed by atoms with Gasteiger partial charge in [-0.05, 0) is 37.1 Å². The van der Waals surface area contributed by atoms with E-state index in [2.05, 4.69) is 4.98 Å². The van der Waals surface area contributed by atoms with E-state index in [4.69, 9.17) is 4.74 Å². The minimum atomic E-state index is -0.452. The molecule has 4 nitrogen and oxygen atoms in total. The molecule has 2 rings (SSSR count). The van der Waals surface area contributed by atoms with Crippen molar-refractivity contribution in [1.82, 2.24) is 9.55 Å². The fraction of sp³-hybridized carbons (Fsp3) is 0.357. The predicted octanol–water partition coefficient (Wildman–Crippen LogP) is 2.36. The lowest BCUT2D eigenvalue weighted by Crippen LogP contribution is -2.04. The van der Waals surface area contributed by atoms with E-state index in [1.54, 1.807) is 13.1 Å². The number of nitrogens with zero attached hydrogens (tertiary/aromatic N) is 2. The van der Waals surface area contributed by atoms with Crippen molar-refractivity contribution in [2.75, 3.05) is 0 Å². The van der Waals surface area contributed by atoms with Gasteiger partial charge in [-0.25, -0.2) is 4.98 Å². The fourth-order valence-electron chi connectivity index (χ4n) is 1.77. The molecular formula is C14H18N2O2. The van der Waals surface area contributed by atoms with E-state index in [1.807, 2.05) is 42.9 Å². The van der Waals surface area contributed by atoms with E-state index in [9.17, 15) is 5.11 Å². The number of benzene rings is 1. The summed E-state index contributed by atoms with van der Waals surface area (Å²) >= 11 is 0. The summed E-state index contributed by atoms with van der Waals surface area (Å²) in [4.78, 5) is 4.20. The zero-order valence-electron chi connectivity index (χ0n) is 10.9. The third kappa shape index (κ3) is 2.71. The van der Waals surface area contributed by atoms with Crippen LogP contribution in [0, 0.1) is 6.92 Å². The highest BCUT2D eigenvalue weighted by Crippen LogP contribution is 2.23. The van der Waals surface area contributed by atoms with Crippen molar-refractivity contribution in [3.05, 3.63) is 47.5 Å². The molecule has 0 bridgehead atoms. The molecule has 1 aromatic carbocycles. The molecule has 0 unspecified atom stereocenters. The Kier molecular flexibility index (Phi) is 3.67. The Balaban J connectivity index is 2.08. The molecule has 1 heterocycles. The van der Waals surface area contributed by atoms with Crippen LogP contribution in [0.25, 0.3) is 0 Å². The first kappa shape index (κ1) is 12.6. The molecule has 1 atom stereocenters. The predicted molar refractivity (Wildman–Crippen MR) is 69.4 cm³/mol. The molecule has 0 saturated heterocycles. The van der Waals surface area contributed by atoms with Gasteiger partial charge in [-0.1, -0.05) is 6.07 Å². The molecule has 1 N–H and O–H groups in total. The van der Waals surface area contributed by atoms with Crippen LogP contribution in [0.3, 0.4) is 0 Å². The van der Waals surface area contributed by atoms with Gasteiger partial charge in [-0.2, -0.15) is 0 Å².